The van der Waals surface area contributed by atoms with Crippen molar-refractivity contribution in [3.05, 3.63) is 0 Å². The molecule has 1 atom stereocenters. The average molecular weight is 658 g/mol. The van der Waals surface area contributed by atoms with Crippen LogP contribution in [0.3, 0.4) is 0 Å². The van der Waals surface area contributed by atoms with Crippen LogP contribution in [0.2, 0.25) is 0 Å². The van der Waals surface area contributed by atoms with Gasteiger partial charge in [0.15, 0.2) is 0 Å². The Hall–Kier alpha value is 1.13. The van der Waals surface area contributed by atoms with Gasteiger partial charge in [0, 0.05) is 74.6 Å². The van der Waals surface area contributed by atoms with E-state index in [2.05, 4.69) is 15.3 Å². The highest BCUT2D eigenvalue weighted by molar-refractivity contribution is 8.23. The molecule has 1 amide bonds. The number of carbonyl (C=O) groups is 1. The molecule has 0 saturated heterocycles. The van der Waals surface area contributed by atoms with Crippen LogP contribution in [0.1, 0.15) is 13.3 Å². The molecule has 0 radical (unpaired) electrons. The molecule has 0 saturated carbocycles. The molecule has 16 heteroatoms. The second-order valence-corrected chi connectivity index (χ2v) is 16.6. The van der Waals surface area contributed by atoms with Crippen LogP contribution in [0.25, 0.3) is 0 Å². The maximum absolute atomic E-state index is 11.9. The lowest BCUT2D eigenvalue weighted by atomic mass is 10.5. The highest BCUT2D eigenvalue weighted by Gasteiger charge is 2.02. The molecule has 8 nitrogen and oxygen atoms in total. The van der Waals surface area contributed by atoms with Crippen LogP contribution in [0.4, 0.5) is 4.79 Å². The van der Waals surface area contributed by atoms with Crippen LogP contribution >= 0.6 is 82.3 Å². The number of thioether (sulfide) groups is 7. The first-order valence-corrected chi connectivity index (χ1v) is 20.6. The van der Waals surface area contributed by atoms with Gasteiger partial charge in [0.1, 0.15) is 0 Å². The number of hydrogen-bond acceptors (Lipinski definition) is 14. The van der Waals surface area contributed by atoms with Crippen molar-refractivity contribution in [1.82, 2.24) is 5.32 Å². The first-order valence-electron chi connectivity index (χ1n) is 11.3. The number of nitrogens with zero attached hydrogens (tertiary/aromatic N) is 2. The third-order valence-corrected chi connectivity index (χ3v) is 13.0. The lowest BCUT2D eigenvalue weighted by Gasteiger charge is -2.05. The van der Waals surface area contributed by atoms with Gasteiger partial charge < -0.3 is 15.3 Å². The molecule has 0 bridgehead atoms. The maximum atomic E-state index is 11.9. The lowest BCUT2D eigenvalue weighted by molar-refractivity contribution is -0.218. The largest absolute Gasteiger partial charge is 0.396 e. The summed E-state index contributed by atoms with van der Waals surface area (Å²) in [5, 5.41) is 15.7. The Morgan fingerprint density at radius 1 is 0.944 bits per heavy atom. The van der Waals surface area contributed by atoms with Gasteiger partial charge in [-0.05, 0) is 13.3 Å². The standard InChI is InChI=1S/C20H39N3O5S8/c1-2-21-15-36(26)13-12-32-19-34-18-31-10-11-35-20(25)23-5-9-30-17-33-16-29-8-4-22-14-28-27-7-3-6-24/h14-15,24H,2-13,16-19H2,1H3,(H,23,25). The zero-order chi connectivity index (χ0) is 26.4. The molecule has 0 aliphatic heterocycles. The quantitative estimate of drug-likeness (QED) is 0.0316. The zero-order valence-electron chi connectivity index (χ0n) is 20.7. The molecule has 0 aromatic carbocycles. The van der Waals surface area contributed by atoms with E-state index in [9.17, 15) is 9.00 Å². The summed E-state index contributed by atoms with van der Waals surface area (Å²) in [7, 11) is -0.930. The van der Waals surface area contributed by atoms with Crippen molar-refractivity contribution in [2.75, 3.05) is 87.7 Å². The summed E-state index contributed by atoms with van der Waals surface area (Å²) in [5.74, 6) is 5.20. The van der Waals surface area contributed by atoms with Crippen LogP contribution < -0.4 is 5.32 Å². The third-order valence-electron chi connectivity index (χ3n) is 3.38. The monoisotopic (exact) mass is 657 g/mol. The SMILES string of the molecule is CCN=CS(=O)CCSCSCSCCSC(=O)NCCSCSCSCCN=COOCCCO. The van der Waals surface area contributed by atoms with Crippen LogP contribution in [0.5, 0.6) is 0 Å². The first-order chi connectivity index (χ1) is 17.7. The number of rotatable bonds is 27. The molecule has 36 heavy (non-hydrogen) atoms. The lowest BCUT2D eigenvalue weighted by Crippen LogP contribution is -2.22. The topological polar surface area (TPSA) is 110 Å². The number of carbonyl (C=O) groups excluding carboxylic acids is 1. The molecular weight excluding hydrogens is 619 g/mol. The molecule has 0 aromatic heterocycles. The molecule has 1 unspecified atom stereocenters. The van der Waals surface area contributed by atoms with E-state index in [0.717, 1.165) is 49.1 Å². The molecule has 0 rings (SSSR count). The summed E-state index contributed by atoms with van der Waals surface area (Å²) < 4.78 is 11.6. The Bertz CT molecular complexity index is 579. The van der Waals surface area contributed by atoms with E-state index in [4.69, 9.17) is 14.9 Å². The van der Waals surface area contributed by atoms with E-state index in [1.807, 2.05) is 77.5 Å². The predicted octanol–water partition coefficient (Wildman–Crippen LogP) is 4.81. The van der Waals surface area contributed by atoms with Crippen LogP contribution in [0, 0.1) is 0 Å². The molecule has 0 aliphatic rings. The average Bonchev–Trinajstić information content (AvgIpc) is 2.88. The third kappa shape index (κ3) is 31.3. The number of aliphatic imine (C=N–C) groups is 2. The predicted molar refractivity (Wildman–Crippen MR) is 174 cm³/mol. The van der Waals surface area contributed by atoms with E-state index in [1.54, 1.807) is 5.55 Å². The van der Waals surface area contributed by atoms with E-state index in [1.165, 1.54) is 18.2 Å². The van der Waals surface area contributed by atoms with Gasteiger partial charge in [-0.15, -0.1) is 47.0 Å². The van der Waals surface area contributed by atoms with Crippen molar-refractivity contribution in [3.8, 4) is 0 Å². The molecule has 0 aliphatic carbocycles. The van der Waals surface area contributed by atoms with Crippen molar-refractivity contribution < 1.29 is 23.9 Å². The van der Waals surface area contributed by atoms with E-state index >= 15 is 0 Å². The molecular formula is C20H39N3O5S8. The van der Waals surface area contributed by atoms with Crippen molar-refractivity contribution in [1.29, 1.82) is 0 Å². The van der Waals surface area contributed by atoms with Crippen LogP contribution in [-0.4, -0.2) is 114 Å². The Morgan fingerprint density at radius 3 is 2.36 bits per heavy atom. The van der Waals surface area contributed by atoms with Crippen molar-refractivity contribution in [3.63, 3.8) is 0 Å². The summed E-state index contributed by atoms with van der Waals surface area (Å²) in [4.78, 5) is 29.5. The minimum Gasteiger partial charge on any atom is -0.396 e. The highest BCUT2D eigenvalue weighted by Crippen LogP contribution is 2.19. The van der Waals surface area contributed by atoms with Gasteiger partial charge in [-0.2, -0.15) is 28.4 Å². The second kappa shape index (κ2) is 32.3. The maximum Gasteiger partial charge on any atom is 0.279 e. The van der Waals surface area contributed by atoms with E-state index < -0.39 is 10.8 Å². The van der Waals surface area contributed by atoms with Crippen LogP contribution in [0.15, 0.2) is 9.98 Å². The zero-order valence-corrected chi connectivity index (χ0v) is 27.2. The smallest absolute Gasteiger partial charge is 0.279 e. The normalized spacial score (nSPS) is 12.5. The second-order valence-electron chi connectivity index (χ2n) is 6.27. The summed E-state index contributed by atoms with van der Waals surface area (Å²) >= 11 is 12.4. The summed E-state index contributed by atoms with van der Waals surface area (Å²) in [6.45, 7) is 4.45. The van der Waals surface area contributed by atoms with Crippen molar-refractivity contribution >= 4 is 110 Å². The van der Waals surface area contributed by atoms with Gasteiger partial charge in [-0.3, -0.25) is 19.0 Å². The highest BCUT2D eigenvalue weighted by atomic mass is 32.2. The molecule has 212 valence electrons. The number of nitrogens with one attached hydrogen (secondary N) is 1. The van der Waals surface area contributed by atoms with Gasteiger partial charge in [0.2, 0.25) is 6.40 Å². The fourth-order valence-corrected chi connectivity index (χ4v) is 10.5. The molecule has 0 aromatic rings. The number of aliphatic hydroxyl groups is 1. The van der Waals surface area contributed by atoms with E-state index in [0.29, 0.717) is 38.4 Å². The number of hydrogen-bond donors (Lipinski definition) is 2. The summed E-state index contributed by atoms with van der Waals surface area (Å²) in [5.41, 5.74) is 1.55. The Kier molecular flexibility index (Phi) is 33.4. The molecule has 0 heterocycles. The Balaban J connectivity index is 3.25. The van der Waals surface area contributed by atoms with Gasteiger partial charge in [-0.1, -0.05) is 11.8 Å². The Morgan fingerprint density at radius 2 is 1.64 bits per heavy atom. The minimum atomic E-state index is -0.930. The summed E-state index contributed by atoms with van der Waals surface area (Å²) in [6.07, 6.45) is 1.85. The van der Waals surface area contributed by atoms with Crippen LogP contribution in [-0.2, 0) is 20.6 Å². The van der Waals surface area contributed by atoms with Gasteiger partial charge >= 0.3 is 0 Å². The minimum absolute atomic E-state index is 0.0607. The number of amides is 1. The first kappa shape index (κ1) is 37.1. The van der Waals surface area contributed by atoms with Gasteiger partial charge in [0.05, 0.1) is 29.5 Å². The fourth-order valence-electron chi connectivity index (χ4n) is 1.76. The molecule has 2 N–H and O–H groups in total. The molecule has 0 spiro atoms. The number of aliphatic hydroxyl groups excluding tert-OH is 1. The summed E-state index contributed by atoms with van der Waals surface area (Å²) in [6, 6.07) is 0. The fraction of sp³-hybridized carbons (Fsp3) is 0.850. The molecule has 0 fully saturated rings. The Labute approximate surface area is 248 Å². The van der Waals surface area contributed by atoms with Gasteiger partial charge in [0.25, 0.3) is 5.24 Å². The van der Waals surface area contributed by atoms with E-state index in [-0.39, 0.29) is 11.8 Å². The van der Waals surface area contributed by atoms with Crippen molar-refractivity contribution in [2.45, 2.75) is 13.3 Å². The van der Waals surface area contributed by atoms with Gasteiger partial charge in [-0.25, -0.2) is 0 Å². The van der Waals surface area contributed by atoms with Crippen molar-refractivity contribution in [2.24, 2.45) is 9.98 Å².